The van der Waals surface area contributed by atoms with Gasteiger partial charge in [0.05, 0.1) is 16.7 Å². The molecular weight excluding hydrogens is 260 g/mol. The van der Waals surface area contributed by atoms with Crippen molar-refractivity contribution in [1.82, 2.24) is 14.6 Å². The van der Waals surface area contributed by atoms with Gasteiger partial charge in [-0.15, -0.1) is 0 Å². The second-order valence-corrected chi connectivity index (χ2v) is 4.95. The molecule has 3 aromatic rings. The van der Waals surface area contributed by atoms with Gasteiger partial charge in [0.2, 0.25) is 0 Å². The summed E-state index contributed by atoms with van der Waals surface area (Å²) in [6, 6.07) is 5.89. The van der Waals surface area contributed by atoms with Crippen molar-refractivity contribution < 1.29 is 0 Å². The number of nitrogens with two attached hydrogens (primary N) is 1. The molecule has 2 N–H and O–H groups in total. The van der Waals surface area contributed by atoms with Gasteiger partial charge in [0, 0.05) is 23.0 Å². The lowest BCUT2D eigenvalue weighted by molar-refractivity contribution is 0.902. The van der Waals surface area contributed by atoms with Crippen LogP contribution in [0.1, 0.15) is 11.3 Å². The van der Waals surface area contributed by atoms with Crippen LogP contribution in [0.25, 0.3) is 16.6 Å². The topological polar surface area (TPSA) is 56.2 Å². The van der Waals surface area contributed by atoms with E-state index in [-0.39, 0.29) is 0 Å². The number of halogens is 1. The van der Waals surface area contributed by atoms with Crippen LogP contribution in [-0.2, 0) is 0 Å². The summed E-state index contributed by atoms with van der Waals surface area (Å²) in [5, 5.41) is 4.99. The molecule has 0 unspecified atom stereocenters. The summed E-state index contributed by atoms with van der Waals surface area (Å²) in [6.07, 6.45) is 3.37. The summed E-state index contributed by atoms with van der Waals surface area (Å²) < 4.78 is 1.91. The summed E-state index contributed by atoms with van der Waals surface area (Å²) in [5.41, 5.74) is 10.9. The van der Waals surface area contributed by atoms with Crippen LogP contribution in [0.5, 0.6) is 0 Å². The molecule has 0 spiro atoms. The minimum Gasteiger partial charge on any atom is -0.384 e. The van der Waals surface area contributed by atoms with E-state index in [9.17, 15) is 0 Å². The van der Waals surface area contributed by atoms with E-state index < -0.39 is 0 Å². The fourth-order valence-electron chi connectivity index (χ4n) is 2.15. The Labute approximate surface area is 115 Å². The monoisotopic (exact) mass is 272 g/mol. The van der Waals surface area contributed by atoms with Crippen molar-refractivity contribution in [2.24, 2.45) is 0 Å². The Morgan fingerprint density at radius 1 is 1.16 bits per heavy atom. The number of pyridine rings is 2. The fourth-order valence-corrected chi connectivity index (χ4v) is 2.35. The first-order chi connectivity index (χ1) is 9.08. The Hall–Kier alpha value is -2.07. The minimum absolute atomic E-state index is 0.447. The summed E-state index contributed by atoms with van der Waals surface area (Å²) in [4.78, 5) is 3.98. The van der Waals surface area contributed by atoms with E-state index in [0.29, 0.717) is 10.8 Å². The van der Waals surface area contributed by atoms with Gasteiger partial charge in [-0.3, -0.25) is 0 Å². The third-order valence-electron chi connectivity index (χ3n) is 3.35. The SMILES string of the molecule is Cc1ccc2c(-c3cc(N)ncc3Cl)cnn2c1C. The fraction of sp³-hybridized carbons (Fsp3) is 0.143. The Morgan fingerprint density at radius 3 is 2.74 bits per heavy atom. The maximum Gasteiger partial charge on any atom is 0.124 e. The van der Waals surface area contributed by atoms with E-state index in [4.69, 9.17) is 17.3 Å². The smallest absolute Gasteiger partial charge is 0.124 e. The van der Waals surface area contributed by atoms with Crippen LogP contribution in [0, 0.1) is 13.8 Å². The van der Waals surface area contributed by atoms with E-state index in [1.807, 2.05) is 23.7 Å². The van der Waals surface area contributed by atoms with Crippen LogP contribution < -0.4 is 5.73 Å². The molecule has 0 radical (unpaired) electrons. The van der Waals surface area contributed by atoms with Crippen molar-refractivity contribution in [3.63, 3.8) is 0 Å². The molecule has 4 nitrogen and oxygen atoms in total. The van der Waals surface area contributed by atoms with Crippen LogP contribution in [0.2, 0.25) is 5.02 Å². The van der Waals surface area contributed by atoms with Gasteiger partial charge in [-0.1, -0.05) is 17.7 Å². The van der Waals surface area contributed by atoms with Gasteiger partial charge in [0.25, 0.3) is 0 Å². The largest absolute Gasteiger partial charge is 0.384 e. The van der Waals surface area contributed by atoms with Crippen molar-refractivity contribution in [3.8, 4) is 11.1 Å². The van der Waals surface area contributed by atoms with Crippen molar-refractivity contribution >= 4 is 22.9 Å². The highest BCUT2D eigenvalue weighted by molar-refractivity contribution is 6.33. The second-order valence-electron chi connectivity index (χ2n) is 4.55. The van der Waals surface area contributed by atoms with Gasteiger partial charge >= 0.3 is 0 Å². The molecule has 0 saturated carbocycles. The van der Waals surface area contributed by atoms with Crippen molar-refractivity contribution in [2.45, 2.75) is 13.8 Å². The highest BCUT2D eigenvalue weighted by Gasteiger charge is 2.12. The van der Waals surface area contributed by atoms with E-state index in [2.05, 4.69) is 23.1 Å². The third kappa shape index (κ3) is 1.85. The Kier molecular flexibility index (Phi) is 2.68. The molecule has 5 heteroatoms. The Bertz CT molecular complexity index is 776. The lowest BCUT2D eigenvalue weighted by Crippen LogP contribution is -1.95. The average molecular weight is 273 g/mol. The number of anilines is 1. The predicted octanol–water partition coefficient (Wildman–Crippen LogP) is 3.25. The molecule has 3 aromatic heterocycles. The Balaban J connectivity index is 2.32. The number of rotatable bonds is 1. The van der Waals surface area contributed by atoms with Crippen LogP contribution in [0.4, 0.5) is 5.82 Å². The zero-order valence-electron chi connectivity index (χ0n) is 10.7. The van der Waals surface area contributed by atoms with Crippen molar-refractivity contribution in [1.29, 1.82) is 0 Å². The predicted molar refractivity (Wildman–Crippen MR) is 77.3 cm³/mol. The number of hydrogen-bond donors (Lipinski definition) is 1. The van der Waals surface area contributed by atoms with Gasteiger partial charge in [0.15, 0.2) is 0 Å². The number of nitrogen functional groups attached to an aromatic ring is 1. The van der Waals surface area contributed by atoms with Gasteiger partial charge in [-0.2, -0.15) is 5.10 Å². The Morgan fingerprint density at radius 2 is 1.95 bits per heavy atom. The van der Waals surface area contributed by atoms with E-state index in [1.54, 1.807) is 12.3 Å². The molecule has 3 rings (SSSR count). The first kappa shape index (κ1) is 12.0. The summed E-state index contributed by atoms with van der Waals surface area (Å²) >= 11 is 6.20. The molecule has 0 aliphatic carbocycles. The standard InChI is InChI=1S/C14H13ClN4/c1-8-3-4-13-11(6-18-19(13)9(8)2)10-5-14(16)17-7-12(10)15/h3-7H,1-2H3,(H2,16,17). The molecule has 96 valence electrons. The van der Waals surface area contributed by atoms with Gasteiger partial charge in [-0.05, 0) is 31.5 Å². The average Bonchev–Trinajstić information content (AvgIpc) is 2.81. The van der Waals surface area contributed by atoms with Gasteiger partial charge in [-0.25, -0.2) is 9.50 Å². The summed E-state index contributed by atoms with van der Waals surface area (Å²) in [5.74, 6) is 0.447. The second kappa shape index (κ2) is 4.24. The molecule has 0 aliphatic heterocycles. The third-order valence-corrected chi connectivity index (χ3v) is 3.65. The molecule has 0 aliphatic rings. The summed E-state index contributed by atoms with van der Waals surface area (Å²) in [6.45, 7) is 4.11. The van der Waals surface area contributed by atoms with Crippen molar-refractivity contribution in [3.05, 3.63) is 46.9 Å². The number of aromatic nitrogens is 3. The van der Waals surface area contributed by atoms with Crippen LogP contribution >= 0.6 is 11.6 Å². The molecule has 19 heavy (non-hydrogen) atoms. The van der Waals surface area contributed by atoms with Crippen LogP contribution in [0.15, 0.2) is 30.6 Å². The highest BCUT2D eigenvalue weighted by atomic mass is 35.5. The molecular formula is C14H13ClN4. The van der Waals surface area contributed by atoms with Crippen molar-refractivity contribution in [2.75, 3.05) is 5.73 Å². The number of hydrogen-bond acceptors (Lipinski definition) is 3. The minimum atomic E-state index is 0.447. The van der Waals surface area contributed by atoms with E-state index in [1.165, 1.54) is 5.56 Å². The van der Waals surface area contributed by atoms with Gasteiger partial charge in [0.1, 0.15) is 5.82 Å². The highest BCUT2D eigenvalue weighted by Crippen LogP contribution is 2.32. The number of fused-ring (bicyclic) bond motifs is 1. The lowest BCUT2D eigenvalue weighted by Gasteiger charge is -2.06. The maximum absolute atomic E-state index is 6.20. The first-order valence-electron chi connectivity index (χ1n) is 5.93. The molecule has 0 bridgehead atoms. The molecule has 0 saturated heterocycles. The first-order valence-corrected chi connectivity index (χ1v) is 6.31. The summed E-state index contributed by atoms with van der Waals surface area (Å²) in [7, 11) is 0. The maximum atomic E-state index is 6.20. The van der Waals surface area contributed by atoms with E-state index >= 15 is 0 Å². The van der Waals surface area contributed by atoms with Crippen LogP contribution in [-0.4, -0.2) is 14.6 Å². The zero-order valence-corrected chi connectivity index (χ0v) is 11.4. The molecule has 0 atom stereocenters. The molecule has 0 aromatic carbocycles. The number of aryl methyl sites for hydroxylation is 2. The lowest BCUT2D eigenvalue weighted by atomic mass is 10.1. The van der Waals surface area contributed by atoms with Gasteiger partial charge < -0.3 is 5.73 Å². The van der Waals surface area contributed by atoms with Crippen LogP contribution in [0.3, 0.4) is 0 Å². The molecule has 0 amide bonds. The molecule has 0 fully saturated rings. The zero-order chi connectivity index (χ0) is 13.6. The number of nitrogens with zero attached hydrogens (tertiary/aromatic N) is 3. The normalized spacial score (nSPS) is 11.1. The van der Waals surface area contributed by atoms with E-state index in [0.717, 1.165) is 22.3 Å². The quantitative estimate of drug-likeness (QED) is 0.740. The molecule has 3 heterocycles.